The molecular formula is C15H20N6O2S. The van der Waals surface area contributed by atoms with Gasteiger partial charge in [-0.3, -0.25) is 15.4 Å². The first-order chi connectivity index (χ1) is 11.5. The van der Waals surface area contributed by atoms with Gasteiger partial charge in [0.1, 0.15) is 5.75 Å². The maximum atomic E-state index is 11.9. The van der Waals surface area contributed by atoms with Gasteiger partial charge in [0.25, 0.3) is 5.91 Å². The van der Waals surface area contributed by atoms with E-state index in [1.54, 1.807) is 4.68 Å². The smallest absolute Gasteiger partial charge is 0.264 e. The standard InChI is InChI=1S/C15H20N6O2S/c1-4-7-21-14(18-19-20-21)17-15(24)16-13(22)9-23-12-6-5-10(2)8-11(12)3/h5-6,8H,4,7,9H2,1-3H3,(H2,16,17,18,20,22,24). The molecule has 1 amide bonds. The van der Waals surface area contributed by atoms with E-state index in [4.69, 9.17) is 17.0 Å². The van der Waals surface area contributed by atoms with Crippen LogP contribution in [0.1, 0.15) is 24.5 Å². The Morgan fingerprint density at radius 1 is 1.38 bits per heavy atom. The summed E-state index contributed by atoms with van der Waals surface area (Å²) in [6.45, 7) is 6.46. The van der Waals surface area contributed by atoms with Crippen LogP contribution in [0.5, 0.6) is 5.75 Å². The first-order valence-corrected chi connectivity index (χ1v) is 7.97. The third-order valence-electron chi connectivity index (χ3n) is 3.13. The highest BCUT2D eigenvalue weighted by Gasteiger charge is 2.10. The van der Waals surface area contributed by atoms with Gasteiger partial charge in [0.15, 0.2) is 11.7 Å². The number of nitrogens with zero attached hydrogens (tertiary/aromatic N) is 4. The number of thiocarbonyl (C=S) groups is 1. The van der Waals surface area contributed by atoms with E-state index in [0.717, 1.165) is 17.5 Å². The van der Waals surface area contributed by atoms with Gasteiger partial charge in [0.2, 0.25) is 5.95 Å². The van der Waals surface area contributed by atoms with Gasteiger partial charge >= 0.3 is 0 Å². The highest BCUT2D eigenvalue weighted by molar-refractivity contribution is 7.80. The average Bonchev–Trinajstić information content (AvgIpc) is 2.93. The molecule has 0 aliphatic carbocycles. The molecule has 1 aromatic heterocycles. The number of hydrogen-bond donors (Lipinski definition) is 2. The number of nitrogens with one attached hydrogen (secondary N) is 2. The molecule has 1 aromatic carbocycles. The van der Waals surface area contributed by atoms with Gasteiger partial charge in [-0.25, -0.2) is 4.68 Å². The first-order valence-electron chi connectivity index (χ1n) is 7.56. The van der Waals surface area contributed by atoms with Gasteiger partial charge in [0.05, 0.1) is 0 Å². The molecule has 2 aromatic rings. The van der Waals surface area contributed by atoms with E-state index in [0.29, 0.717) is 18.2 Å². The predicted octanol–water partition coefficient (Wildman–Crippen LogP) is 1.59. The summed E-state index contributed by atoms with van der Waals surface area (Å²) >= 11 is 5.09. The Morgan fingerprint density at radius 3 is 2.88 bits per heavy atom. The Kier molecular flexibility index (Phi) is 6.19. The monoisotopic (exact) mass is 348 g/mol. The third kappa shape index (κ3) is 4.98. The van der Waals surface area contributed by atoms with E-state index in [2.05, 4.69) is 26.2 Å². The summed E-state index contributed by atoms with van der Waals surface area (Å²) in [6.07, 6.45) is 0.878. The van der Waals surface area contributed by atoms with Gasteiger partial charge < -0.3 is 4.74 Å². The largest absolute Gasteiger partial charge is 0.483 e. The highest BCUT2D eigenvalue weighted by Crippen LogP contribution is 2.18. The second kappa shape index (κ2) is 8.34. The minimum Gasteiger partial charge on any atom is -0.483 e. The molecule has 128 valence electrons. The lowest BCUT2D eigenvalue weighted by Gasteiger charge is -2.11. The number of anilines is 1. The van der Waals surface area contributed by atoms with Crippen molar-refractivity contribution in [3.05, 3.63) is 29.3 Å². The molecule has 0 bridgehead atoms. The molecule has 0 aliphatic heterocycles. The fourth-order valence-electron chi connectivity index (χ4n) is 2.06. The van der Waals surface area contributed by atoms with Crippen LogP contribution in [0.4, 0.5) is 5.95 Å². The van der Waals surface area contributed by atoms with Crippen molar-refractivity contribution >= 4 is 29.2 Å². The number of rotatable bonds is 6. The Balaban J connectivity index is 1.83. The van der Waals surface area contributed by atoms with Crippen molar-refractivity contribution in [3.8, 4) is 5.75 Å². The molecule has 1 heterocycles. The molecular weight excluding hydrogens is 328 g/mol. The Bertz CT molecular complexity index is 731. The van der Waals surface area contributed by atoms with E-state index in [9.17, 15) is 4.79 Å². The molecule has 0 saturated heterocycles. The van der Waals surface area contributed by atoms with E-state index in [1.165, 1.54) is 0 Å². The van der Waals surface area contributed by atoms with Crippen LogP contribution in [-0.2, 0) is 11.3 Å². The fourth-order valence-corrected chi connectivity index (χ4v) is 2.26. The van der Waals surface area contributed by atoms with Crippen molar-refractivity contribution in [2.45, 2.75) is 33.7 Å². The van der Waals surface area contributed by atoms with Gasteiger partial charge in [-0.15, -0.1) is 0 Å². The SMILES string of the molecule is CCCn1nnnc1NC(=S)NC(=O)COc1ccc(C)cc1C. The zero-order valence-electron chi connectivity index (χ0n) is 13.9. The molecule has 0 radical (unpaired) electrons. The number of amides is 1. The number of tetrazole rings is 1. The van der Waals surface area contributed by atoms with Crippen molar-refractivity contribution in [3.63, 3.8) is 0 Å². The summed E-state index contributed by atoms with van der Waals surface area (Å²) in [5.41, 5.74) is 2.11. The Hall–Kier alpha value is -2.55. The molecule has 0 unspecified atom stereocenters. The summed E-state index contributed by atoms with van der Waals surface area (Å²) in [4.78, 5) is 11.9. The molecule has 8 nitrogen and oxygen atoms in total. The lowest BCUT2D eigenvalue weighted by Crippen LogP contribution is -2.38. The van der Waals surface area contributed by atoms with Crippen LogP contribution < -0.4 is 15.4 Å². The lowest BCUT2D eigenvalue weighted by atomic mass is 10.1. The van der Waals surface area contributed by atoms with Crippen molar-refractivity contribution in [2.75, 3.05) is 11.9 Å². The van der Waals surface area contributed by atoms with Crippen LogP contribution in [-0.4, -0.2) is 37.8 Å². The van der Waals surface area contributed by atoms with Crippen LogP contribution in [0.2, 0.25) is 0 Å². The predicted molar refractivity (Wildman–Crippen MR) is 93.9 cm³/mol. The van der Waals surface area contributed by atoms with Crippen molar-refractivity contribution in [1.82, 2.24) is 25.5 Å². The zero-order chi connectivity index (χ0) is 17.5. The zero-order valence-corrected chi connectivity index (χ0v) is 14.7. The molecule has 24 heavy (non-hydrogen) atoms. The number of benzene rings is 1. The molecule has 0 atom stereocenters. The van der Waals surface area contributed by atoms with E-state index in [-0.39, 0.29) is 17.6 Å². The van der Waals surface area contributed by atoms with E-state index in [1.807, 2.05) is 39.0 Å². The average molecular weight is 348 g/mol. The molecule has 9 heteroatoms. The van der Waals surface area contributed by atoms with Crippen LogP contribution in [0.15, 0.2) is 18.2 Å². The molecule has 0 aliphatic rings. The quantitative estimate of drug-likeness (QED) is 0.766. The van der Waals surface area contributed by atoms with Crippen LogP contribution in [0.25, 0.3) is 0 Å². The third-order valence-corrected chi connectivity index (χ3v) is 3.34. The van der Waals surface area contributed by atoms with Crippen LogP contribution in [0.3, 0.4) is 0 Å². The van der Waals surface area contributed by atoms with E-state index < -0.39 is 0 Å². The number of ether oxygens (including phenoxy) is 1. The van der Waals surface area contributed by atoms with Crippen molar-refractivity contribution in [2.24, 2.45) is 0 Å². The maximum Gasteiger partial charge on any atom is 0.264 e. The Morgan fingerprint density at radius 2 is 2.17 bits per heavy atom. The normalized spacial score (nSPS) is 10.3. The number of carbonyl (C=O) groups excluding carboxylic acids is 1. The van der Waals surface area contributed by atoms with Gasteiger partial charge in [0, 0.05) is 6.54 Å². The summed E-state index contributed by atoms with van der Waals surface area (Å²) in [5, 5.41) is 16.7. The van der Waals surface area contributed by atoms with Gasteiger partial charge in [-0.05, 0) is 54.5 Å². The lowest BCUT2D eigenvalue weighted by molar-refractivity contribution is -0.121. The second-order valence-corrected chi connectivity index (χ2v) is 5.69. The molecule has 0 saturated carbocycles. The second-order valence-electron chi connectivity index (χ2n) is 5.29. The van der Waals surface area contributed by atoms with E-state index >= 15 is 0 Å². The summed E-state index contributed by atoms with van der Waals surface area (Å²) in [7, 11) is 0. The van der Waals surface area contributed by atoms with Crippen LogP contribution in [0, 0.1) is 13.8 Å². The maximum absolute atomic E-state index is 11.9. The molecule has 0 fully saturated rings. The molecule has 2 rings (SSSR count). The van der Waals surface area contributed by atoms with Gasteiger partial charge in [-0.1, -0.05) is 29.7 Å². The summed E-state index contributed by atoms with van der Waals surface area (Å²) in [5.74, 6) is 0.695. The first kappa shape index (κ1) is 17.8. The fraction of sp³-hybridized carbons (Fsp3) is 0.400. The minimum atomic E-state index is -0.359. The number of aromatic nitrogens is 4. The number of aryl methyl sites for hydroxylation is 3. The molecule has 2 N–H and O–H groups in total. The topological polar surface area (TPSA) is 94.0 Å². The minimum absolute atomic E-state index is 0.122. The number of carbonyl (C=O) groups is 1. The Labute approximate surface area is 145 Å². The summed E-state index contributed by atoms with van der Waals surface area (Å²) < 4.78 is 7.08. The number of hydrogen-bond acceptors (Lipinski definition) is 6. The highest BCUT2D eigenvalue weighted by atomic mass is 32.1. The van der Waals surface area contributed by atoms with Gasteiger partial charge in [-0.2, -0.15) is 0 Å². The van der Waals surface area contributed by atoms with Crippen molar-refractivity contribution in [1.29, 1.82) is 0 Å². The molecule has 0 spiro atoms. The van der Waals surface area contributed by atoms with Crippen LogP contribution >= 0.6 is 12.2 Å². The van der Waals surface area contributed by atoms with Crippen molar-refractivity contribution < 1.29 is 9.53 Å². The summed E-state index contributed by atoms with van der Waals surface area (Å²) in [6, 6.07) is 5.76.